The monoisotopic (exact) mass is 419 g/mol. The number of H-pyrrole nitrogens is 1. The summed E-state index contributed by atoms with van der Waals surface area (Å²) in [5.74, 6) is 0.619. The summed E-state index contributed by atoms with van der Waals surface area (Å²) >= 11 is 0. The van der Waals surface area contributed by atoms with Gasteiger partial charge in [-0.2, -0.15) is 0 Å². The first-order chi connectivity index (χ1) is 12.1. The zero-order valence-electron chi connectivity index (χ0n) is 15.5. The highest BCUT2D eigenvalue weighted by Gasteiger charge is 2.32. The number of rotatable bonds is 7. The molecule has 3 N–H and O–H groups in total. The summed E-state index contributed by atoms with van der Waals surface area (Å²) in [4.78, 5) is 29.7. The Morgan fingerprint density at radius 2 is 2.04 bits per heavy atom. The molecular formula is C16H27Cl2N7O2. The molecule has 1 amide bonds. The summed E-state index contributed by atoms with van der Waals surface area (Å²) in [5, 5.41) is 6.42. The highest BCUT2D eigenvalue weighted by atomic mass is 35.5. The van der Waals surface area contributed by atoms with E-state index in [0.29, 0.717) is 24.6 Å². The van der Waals surface area contributed by atoms with Gasteiger partial charge in [-0.1, -0.05) is 0 Å². The third-order valence-electron chi connectivity index (χ3n) is 4.72. The second-order valence-electron chi connectivity index (χ2n) is 6.61. The molecule has 0 aliphatic carbocycles. The summed E-state index contributed by atoms with van der Waals surface area (Å²) in [6, 6.07) is 0. The van der Waals surface area contributed by atoms with Crippen LogP contribution in [0.3, 0.4) is 0 Å². The van der Waals surface area contributed by atoms with E-state index in [4.69, 9.17) is 4.74 Å². The Balaban J connectivity index is 0.00000182. The number of aromatic amines is 1. The number of fused-ring (bicyclic) bond motifs is 1. The van der Waals surface area contributed by atoms with Crippen LogP contribution in [0, 0.1) is 5.41 Å². The van der Waals surface area contributed by atoms with Crippen molar-refractivity contribution in [3.8, 4) is 0 Å². The molecule has 11 heteroatoms. The van der Waals surface area contributed by atoms with Gasteiger partial charge in [0.1, 0.15) is 11.8 Å². The van der Waals surface area contributed by atoms with Crippen LogP contribution in [0.1, 0.15) is 12.8 Å². The highest BCUT2D eigenvalue weighted by molar-refractivity contribution is 5.87. The molecule has 152 valence electrons. The molecule has 0 bridgehead atoms. The number of anilines is 1. The average Bonchev–Trinajstić information content (AvgIpc) is 3.10. The van der Waals surface area contributed by atoms with E-state index < -0.39 is 0 Å². The van der Waals surface area contributed by atoms with Crippen molar-refractivity contribution in [3.05, 3.63) is 12.7 Å². The topological polar surface area (TPSA) is 108 Å². The van der Waals surface area contributed by atoms with Crippen LogP contribution in [-0.2, 0) is 9.53 Å². The molecule has 1 aliphatic rings. The van der Waals surface area contributed by atoms with Crippen LogP contribution in [0.5, 0.6) is 0 Å². The molecule has 0 saturated carbocycles. The molecule has 0 atom stereocenters. The van der Waals surface area contributed by atoms with Gasteiger partial charge in [0.05, 0.1) is 19.5 Å². The van der Waals surface area contributed by atoms with E-state index in [0.717, 1.165) is 31.4 Å². The van der Waals surface area contributed by atoms with E-state index in [-0.39, 0.29) is 42.7 Å². The molecule has 1 fully saturated rings. The van der Waals surface area contributed by atoms with Crippen molar-refractivity contribution in [2.75, 3.05) is 51.8 Å². The molecular weight excluding hydrogens is 393 g/mol. The number of hydrogen-bond acceptors (Lipinski definition) is 7. The molecule has 3 heterocycles. The number of hydrogen-bond donors (Lipinski definition) is 3. The van der Waals surface area contributed by atoms with Crippen molar-refractivity contribution in [1.82, 2.24) is 30.6 Å². The Kier molecular flexibility index (Phi) is 9.17. The maximum absolute atomic E-state index is 12.4. The molecule has 0 unspecified atom stereocenters. The van der Waals surface area contributed by atoms with Crippen LogP contribution >= 0.6 is 24.8 Å². The Morgan fingerprint density at radius 3 is 2.74 bits per heavy atom. The number of carbonyl (C=O) groups is 1. The summed E-state index contributed by atoms with van der Waals surface area (Å²) < 4.78 is 5.39. The van der Waals surface area contributed by atoms with Crippen molar-refractivity contribution < 1.29 is 9.53 Å². The van der Waals surface area contributed by atoms with E-state index in [2.05, 4.69) is 30.6 Å². The minimum atomic E-state index is -0.0391. The van der Waals surface area contributed by atoms with Crippen LogP contribution in [0.25, 0.3) is 11.2 Å². The molecule has 1 saturated heterocycles. The Morgan fingerprint density at radius 1 is 1.30 bits per heavy atom. The highest BCUT2D eigenvalue weighted by Crippen LogP contribution is 2.28. The van der Waals surface area contributed by atoms with Crippen molar-refractivity contribution in [2.45, 2.75) is 12.8 Å². The fourth-order valence-corrected chi connectivity index (χ4v) is 3.31. The number of nitrogens with one attached hydrogen (secondary N) is 3. The summed E-state index contributed by atoms with van der Waals surface area (Å²) in [6.07, 6.45) is 5.02. The molecule has 0 spiro atoms. The van der Waals surface area contributed by atoms with Gasteiger partial charge in [0, 0.05) is 26.1 Å². The maximum atomic E-state index is 12.4. The first kappa shape index (κ1) is 23.4. The van der Waals surface area contributed by atoms with Crippen LogP contribution in [0.4, 0.5) is 5.82 Å². The predicted molar refractivity (Wildman–Crippen MR) is 109 cm³/mol. The number of piperidine rings is 1. The third kappa shape index (κ3) is 5.65. The van der Waals surface area contributed by atoms with Gasteiger partial charge in [0.25, 0.3) is 0 Å². The SMILES string of the molecule is COCC1(CNC(=O)CN(C)c2ncnc3nc[nH]c23)CCNCC1.Cl.Cl. The number of likely N-dealkylation sites (N-methyl/N-ethyl adjacent to an activating group) is 1. The van der Waals surface area contributed by atoms with Crippen LogP contribution in [0.15, 0.2) is 12.7 Å². The summed E-state index contributed by atoms with van der Waals surface area (Å²) in [6.45, 7) is 3.41. The van der Waals surface area contributed by atoms with E-state index in [1.165, 1.54) is 6.33 Å². The lowest BCUT2D eigenvalue weighted by molar-refractivity contribution is -0.120. The summed E-state index contributed by atoms with van der Waals surface area (Å²) in [7, 11) is 3.54. The van der Waals surface area contributed by atoms with Crippen LogP contribution < -0.4 is 15.5 Å². The molecule has 2 aromatic heterocycles. The fraction of sp³-hybridized carbons (Fsp3) is 0.625. The smallest absolute Gasteiger partial charge is 0.239 e. The van der Waals surface area contributed by atoms with Gasteiger partial charge in [-0.05, 0) is 25.9 Å². The number of carbonyl (C=O) groups excluding carboxylic acids is 1. The molecule has 0 aromatic carbocycles. The first-order valence-corrected chi connectivity index (χ1v) is 8.45. The predicted octanol–water partition coefficient (Wildman–Crippen LogP) is 0.765. The van der Waals surface area contributed by atoms with Crippen molar-refractivity contribution in [3.63, 3.8) is 0 Å². The van der Waals surface area contributed by atoms with Gasteiger partial charge >= 0.3 is 0 Å². The van der Waals surface area contributed by atoms with E-state index in [1.54, 1.807) is 18.3 Å². The van der Waals surface area contributed by atoms with E-state index in [1.807, 2.05) is 7.05 Å². The zero-order chi connectivity index (χ0) is 17.7. The van der Waals surface area contributed by atoms with Crippen LogP contribution in [0.2, 0.25) is 0 Å². The number of methoxy groups -OCH3 is 1. The number of halogens is 2. The second-order valence-corrected chi connectivity index (χ2v) is 6.61. The van der Waals surface area contributed by atoms with Gasteiger partial charge in [0.2, 0.25) is 5.91 Å². The van der Waals surface area contributed by atoms with Crippen molar-refractivity contribution >= 4 is 47.7 Å². The number of ether oxygens (including phenoxy) is 1. The normalized spacial score (nSPS) is 15.5. The quantitative estimate of drug-likeness (QED) is 0.607. The molecule has 0 radical (unpaired) electrons. The largest absolute Gasteiger partial charge is 0.384 e. The van der Waals surface area contributed by atoms with Crippen molar-refractivity contribution in [2.24, 2.45) is 5.41 Å². The number of nitrogens with zero attached hydrogens (tertiary/aromatic N) is 4. The van der Waals surface area contributed by atoms with Gasteiger partial charge in [-0.15, -0.1) is 24.8 Å². The van der Waals surface area contributed by atoms with E-state index in [9.17, 15) is 4.79 Å². The lowest BCUT2D eigenvalue weighted by atomic mass is 9.79. The van der Waals surface area contributed by atoms with Crippen LogP contribution in [-0.4, -0.2) is 72.8 Å². The number of imidazole rings is 1. The standard InChI is InChI=1S/C16H25N7O2.2ClH/c1-23(15-13-14(20-10-19-13)21-11-22-15)7-12(24)18-8-16(9-25-2)3-5-17-6-4-16;;/h10-11,17H,3-9H2,1-2H3,(H,18,24)(H,19,20,21,22);2*1H. The molecule has 27 heavy (non-hydrogen) atoms. The van der Waals surface area contributed by atoms with Gasteiger partial charge in [0.15, 0.2) is 11.5 Å². The number of aromatic nitrogens is 4. The molecule has 9 nitrogen and oxygen atoms in total. The second kappa shape index (κ2) is 10.6. The minimum absolute atomic E-state index is 0. The molecule has 2 aromatic rings. The van der Waals surface area contributed by atoms with E-state index >= 15 is 0 Å². The minimum Gasteiger partial charge on any atom is -0.384 e. The van der Waals surface area contributed by atoms with Gasteiger partial charge in [-0.3, -0.25) is 4.79 Å². The molecule has 1 aliphatic heterocycles. The lowest BCUT2D eigenvalue weighted by Gasteiger charge is -2.37. The number of amides is 1. The van der Waals surface area contributed by atoms with Gasteiger partial charge < -0.3 is 25.3 Å². The Labute approximate surface area is 170 Å². The third-order valence-corrected chi connectivity index (χ3v) is 4.72. The Hall–Kier alpha value is -1.68. The zero-order valence-corrected chi connectivity index (χ0v) is 17.2. The lowest BCUT2D eigenvalue weighted by Crippen LogP contribution is -2.48. The summed E-state index contributed by atoms with van der Waals surface area (Å²) in [5.41, 5.74) is 1.33. The van der Waals surface area contributed by atoms with Crippen molar-refractivity contribution in [1.29, 1.82) is 0 Å². The average molecular weight is 420 g/mol. The maximum Gasteiger partial charge on any atom is 0.239 e. The molecule has 3 rings (SSSR count). The fourth-order valence-electron chi connectivity index (χ4n) is 3.31. The Bertz CT molecular complexity index is 716. The first-order valence-electron chi connectivity index (χ1n) is 8.45. The van der Waals surface area contributed by atoms with Gasteiger partial charge in [-0.25, -0.2) is 15.0 Å².